The summed E-state index contributed by atoms with van der Waals surface area (Å²) in [6.45, 7) is 1.98. The van der Waals surface area contributed by atoms with Gasteiger partial charge < -0.3 is 10.4 Å². The first-order valence-electron chi connectivity index (χ1n) is 5.41. The maximum absolute atomic E-state index is 11.6. The highest BCUT2D eigenvalue weighted by Crippen LogP contribution is 2.09. The number of thioether (sulfide) groups is 1. The van der Waals surface area contributed by atoms with Crippen LogP contribution in [0.15, 0.2) is 24.4 Å². The molecule has 1 amide bonds. The minimum atomic E-state index is -0.862. The Morgan fingerprint density at radius 1 is 1.59 bits per heavy atom. The van der Waals surface area contributed by atoms with E-state index < -0.39 is 5.60 Å². The van der Waals surface area contributed by atoms with E-state index >= 15 is 0 Å². The monoisotopic (exact) mass is 254 g/mol. The summed E-state index contributed by atoms with van der Waals surface area (Å²) in [5.74, 6) is 0.474. The summed E-state index contributed by atoms with van der Waals surface area (Å²) in [6, 6.07) is 5.46. The zero-order chi connectivity index (χ0) is 12.7. The molecule has 1 unspecified atom stereocenters. The molecule has 94 valence electrons. The molecule has 0 aliphatic rings. The van der Waals surface area contributed by atoms with Crippen molar-refractivity contribution in [1.29, 1.82) is 0 Å². The molecule has 1 heterocycles. The summed E-state index contributed by atoms with van der Waals surface area (Å²) in [5.41, 5.74) is -0.131. The van der Waals surface area contributed by atoms with Crippen molar-refractivity contribution in [3.05, 3.63) is 30.1 Å². The zero-order valence-electron chi connectivity index (χ0n) is 10.1. The highest BCUT2D eigenvalue weighted by Gasteiger charge is 2.20. The van der Waals surface area contributed by atoms with Gasteiger partial charge in [0, 0.05) is 24.2 Å². The summed E-state index contributed by atoms with van der Waals surface area (Å²) in [5, 5.41) is 12.6. The highest BCUT2D eigenvalue weighted by molar-refractivity contribution is 7.98. The van der Waals surface area contributed by atoms with Gasteiger partial charge in [0.25, 0.3) is 0 Å². The molecule has 0 aliphatic heterocycles. The van der Waals surface area contributed by atoms with Crippen LogP contribution in [0.1, 0.15) is 12.6 Å². The molecule has 1 rings (SSSR count). The third-order valence-electron chi connectivity index (χ3n) is 2.19. The summed E-state index contributed by atoms with van der Waals surface area (Å²) < 4.78 is 0. The SMILES string of the molecule is CSCC(C)(O)CNC(=O)Cc1ccccn1. The van der Waals surface area contributed by atoms with E-state index in [4.69, 9.17) is 0 Å². The standard InChI is InChI=1S/C12H18N2O2S/c1-12(16,9-17-2)8-14-11(15)7-10-5-3-4-6-13-10/h3-6,16H,7-9H2,1-2H3,(H,14,15). The van der Waals surface area contributed by atoms with Crippen LogP contribution in [-0.2, 0) is 11.2 Å². The number of amides is 1. The lowest BCUT2D eigenvalue weighted by Crippen LogP contribution is -2.42. The Morgan fingerprint density at radius 2 is 2.35 bits per heavy atom. The van der Waals surface area contributed by atoms with Crippen molar-refractivity contribution in [1.82, 2.24) is 10.3 Å². The van der Waals surface area contributed by atoms with Gasteiger partial charge in [-0.05, 0) is 25.3 Å². The van der Waals surface area contributed by atoms with Crippen molar-refractivity contribution in [3.63, 3.8) is 0 Å². The molecule has 0 saturated heterocycles. The van der Waals surface area contributed by atoms with Gasteiger partial charge >= 0.3 is 0 Å². The van der Waals surface area contributed by atoms with Crippen LogP contribution in [0.25, 0.3) is 0 Å². The van der Waals surface area contributed by atoms with Gasteiger partial charge in [-0.1, -0.05) is 6.07 Å². The van der Waals surface area contributed by atoms with E-state index in [2.05, 4.69) is 10.3 Å². The topological polar surface area (TPSA) is 62.2 Å². The number of nitrogens with one attached hydrogen (secondary N) is 1. The molecule has 1 aromatic rings. The predicted octanol–water partition coefficient (Wildman–Crippen LogP) is 0.854. The Bertz CT molecular complexity index is 355. The van der Waals surface area contributed by atoms with Crippen LogP contribution in [0, 0.1) is 0 Å². The lowest BCUT2D eigenvalue weighted by atomic mass is 10.1. The van der Waals surface area contributed by atoms with Crippen LogP contribution in [0.2, 0.25) is 0 Å². The van der Waals surface area contributed by atoms with Gasteiger partial charge in [-0.3, -0.25) is 9.78 Å². The number of rotatable bonds is 6. The van der Waals surface area contributed by atoms with Crippen LogP contribution < -0.4 is 5.32 Å². The normalized spacial score (nSPS) is 14.1. The Kier molecular flexibility index (Phi) is 5.44. The minimum Gasteiger partial charge on any atom is -0.387 e. The first-order valence-corrected chi connectivity index (χ1v) is 6.81. The fourth-order valence-electron chi connectivity index (χ4n) is 1.38. The number of hydrogen-bond acceptors (Lipinski definition) is 4. The molecule has 0 aromatic carbocycles. The molecule has 1 atom stereocenters. The third-order valence-corrected chi connectivity index (χ3v) is 3.10. The van der Waals surface area contributed by atoms with Crippen molar-refractivity contribution in [2.45, 2.75) is 18.9 Å². The van der Waals surface area contributed by atoms with Gasteiger partial charge in [0.05, 0.1) is 12.0 Å². The molecule has 17 heavy (non-hydrogen) atoms. The fourth-order valence-corrected chi connectivity index (χ4v) is 2.10. The summed E-state index contributed by atoms with van der Waals surface area (Å²) in [7, 11) is 0. The van der Waals surface area contributed by atoms with E-state index in [0.717, 1.165) is 5.69 Å². The van der Waals surface area contributed by atoms with Crippen molar-refractivity contribution < 1.29 is 9.90 Å². The average molecular weight is 254 g/mol. The van der Waals surface area contributed by atoms with Crippen LogP contribution in [0.5, 0.6) is 0 Å². The average Bonchev–Trinajstić information content (AvgIpc) is 2.28. The Hall–Kier alpha value is -1.07. The van der Waals surface area contributed by atoms with Gasteiger partial charge in [0.15, 0.2) is 0 Å². The highest BCUT2D eigenvalue weighted by atomic mass is 32.2. The van der Waals surface area contributed by atoms with Gasteiger partial charge in [-0.25, -0.2) is 0 Å². The molecule has 0 bridgehead atoms. The second kappa shape index (κ2) is 6.61. The smallest absolute Gasteiger partial charge is 0.226 e. The van der Waals surface area contributed by atoms with Crippen LogP contribution >= 0.6 is 11.8 Å². The first-order chi connectivity index (χ1) is 8.03. The van der Waals surface area contributed by atoms with Gasteiger partial charge in [-0.2, -0.15) is 11.8 Å². The summed E-state index contributed by atoms with van der Waals surface area (Å²) >= 11 is 1.55. The van der Waals surface area contributed by atoms with Crippen molar-refractivity contribution in [2.75, 3.05) is 18.6 Å². The fraction of sp³-hybridized carbons (Fsp3) is 0.500. The van der Waals surface area contributed by atoms with Crippen molar-refractivity contribution >= 4 is 17.7 Å². The lowest BCUT2D eigenvalue weighted by Gasteiger charge is -2.22. The second-order valence-corrected chi connectivity index (χ2v) is 5.07. The van der Waals surface area contributed by atoms with Crippen molar-refractivity contribution in [2.24, 2.45) is 0 Å². The number of carbonyl (C=O) groups excluding carboxylic acids is 1. The second-order valence-electron chi connectivity index (χ2n) is 4.20. The minimum absolute atomic E-state index is 0.120. The number of pyridine rings is 1. The largest absolute Gasteiger partial charge is 0.387 e. The maximum atomic E-state index is 11.6. The summed E-state index contributed by atoms with van der Waals surface area (Å²) in [4.78, 5) is 15.7. The molecule has 0 fully saturated rings. The first kappa shape index (κ1) is 14.0. The molecule has 2 N–H and O–H groups in total. The molecule has 1 aromatic heterocycles. The van der Waals surface area contributed by atoms with Crippen LogP contribution in [0.3, 0.4) is 0 Å². The molecular weight excluding hydrogens is 236 g/mol. The molecule has 5 heteroatoms. The van der Waals surface area contributed by atoms with E-state index in [0.29, 0.717) is 5.75 Å². The Balaban J connectivity index is 2.36. The third kappa shape index (κ3) is 5.70. The number of aromatic nitrogens is 1. The molecule has 0 spiro atoms. The molecule has 0 saturated carbocycles. The Labute approximate surface area is 106 Å². The Morgan fingerprint density at radius 3 is 2.94 bits per heavy atom. The van der Waals surface area contributed by atoms with Crippen molar-refractivity contribution in [3.8, 4) is 0 Å². The van der Waals surface area contributed by atoms with Gasteiger partial charge in [0.2, 0.25) is 5.91 Å². The maximum Gasteiger partial charge on any atom is 0.226 e. The number of aliphatic hydroxyl groups is 1. The number of hydrogen-bond donors (Lipinski definition) is 2. The van der Waals surface area contributed by atoms with E-state index in [1.165, 1.54) is 0 Å². The molecule has 0 radical (unpaired) electrons. The molecular formula is C12H18N2O2S. The predicted molar refractivity (Wildman–Crippen MR) is 70.0 cm³/mol. The van der Waals surface area contributed by atoms with Crippen LogP contribution in [-0.4, -0.2) is 40.2 Å². The number of carbonyl (C=O) groups is 1. The number of nitrogens with zero attached hydrogens (tertiary/aromatic N) is 1. The van der Waals surface area contributed by atoms with E-state index in [9.17, 15) is 9.90 Å². The van der Waals surface area contributed by atoms with Gasteiger partial charge in [0.1, 0.15) is 0 Å². The van der Waals surface area contributed by atoms with E-state index in [1.807, 2.05) is 18.4 Å². The quantitative estimate of drug-likeness (QED) is 0.790. The van der Waals surface area contributed by atoms with E-state index in [-0.39, 0.29) is 18.9 Å². The van der Waals surface area contributed by atoms with E-state index in [1.54, 1.807) is 30.9 Å². The lowest BCUT2D eigenvalue weighted by molar-refractivity contribution is -0.121. The summed E-state index contributed by atoms with van der Waals surface area (Å²) in [6.07, 6.45) is 3.83. The molecule has 0 aliphatic carbocycles. The molecule has 4 nitrogen and oxygen atoms in total. The zero-order valence-corrected chi connectivity index (χ0v) is 11.0. The van der Waals surface area contributed by atoms with Crippen LogP contribution in [0.4, 0.5) is 0 Å². The van der Waals surface area contributed by atoms with Gasteiger partial charge in [-0.15, -0.1) is 0 Å².